The van der Waals surface area contributed by atoms with Gasteiger partial charge in [0.1, 0.15) is 0 Å². The van der Waals surface area contributed by atoms with Crippen LogP contribution in [0.5, 0.6) is 0 Å². The Hall–Kier alpha value is -2.35. The molecule has 3 aromatic rings. The minimum Gasteiger partial charge on any atom is -0.339 e. The van der Waals surface area contributed by atoms with Gasteiger partial charge in [0.2, 0.25) is 11.0 Å². The Morgan fingerprint density at radius 2 is 1.88 bits per heavy atom. The van der Waals surface area contributed by atoms with Crippen LogP contribution >= 0.6 is 11.8 Å². The smallest absolute Gasteiger partial charge is 0.226 e. The maximum atomic E-state index is 6.16. The summed E-state index contributed by atoms with van der Waals surface area (Å²) in [5.74, 6) is 8.58. The van der Waals surface area contributed by atoms with Crippen LogP contribution in [0.25, 0.3) is 11.4 Å². The lowest BCUT2D eigenvalue weighted by Gasteiger charge is -2.19. The normalized spacial score (nSPS) is 11.8. The average Bonchev–Trinajstić information content (AvgIpc) is 3.19. The highest BCUT2D eigenvalue weighted by atomic mass is 32.2. The van der Waals surface area contributed by atoms with Gasteiger partial charge in [-0.3, -0.25) is 0 Å². The molecule has 0 fully saturated rings. The zero-order valence-corrected chi connectivity index (χ0v) is 15.7. The number of nitrogens with two attached hydrogens (primary N) is 1. The van der Waals surface area contributed by atoms with Gasteiger partial charge in [0.25, 0.3) is 0 Å². The van der Waals surface area contributed by atoms with E-state index in [1.807, 2.05) is 19.1 Å². The molecule has 25 heavy (non-hydrogen) atoms. The minimum atomic E-state index is 0.109. The molecule has 7 nitrogen and oxygen atoms in total. The molecule has 0 saturated heterocycles. The maximum Gasteiger partial charge on any atom is 0.226 e. The Kier molecular flexibility index (Phi) is 4.80. The van der Waals surface area contributed by atoms with Gasteiger partial charge in [-0.05, 0) is 11.0 Å². The fourth-order valence-corrected chi connectivity index (χ4v) is 3.01. The molecule has 2 heterocycles. The van der Waals surface area contributed by atoms with E-state index in [1.165, 1.54) is 22.0 Å². The fraction of sp³-hybridized carbons (Fsp3) is 0.412. The summed E-state index contributed by atoms with van der Waals surface area (Å²) in [6, 6.07) is 8.25. The number of nitrogens with zero attached hydrogens (tertiary/aromatic N) is 5. The number of aryl methyl sites for hydroxylation is 1. The first-order valence-corrected chi connectivity index (χ1v) is 9.12. The molecule has 0 aliphatic rings. The van der Waals surface area contributed by atoms with Crippen molar-refractivity contribution in [1.82, 2.24) is 25.0 Å². The molecule has 0 spiro atoms. The first kappa shape index (κ1) is 17.5. The van der Waals surface area contributed by atoms with Crippen molar-refractivity contribution < 1.29 is 4.52 Å². The zero-order chi connectivity index (χ0) is 18.0. The molecule has 0 radical (unpaired) electrons. The monoisotopic (exact) mass is 358 g/mol. The maximum absolute atomic E-state index is 6.16. The number of nitrogen functional groups attached to an aromatic ring is 1. The predicted molar refractivity (Wildman–Crippen MR) is 97.5 cm³/mol. The summed E-state index contributed by atoms with van der Waals surface area (Å²) < 4.78 is 6.59. The van der Waals surface area contributed by atoms with Crippen LogP contribution in [-0.4, -0.2) is 25.0 Å². The van der Waals surface area contributed by atoms with Crippen LogP contribution in [0, 0.1) is 0 Å². The number of thioether (sulfide) groups is 1. The van der Waals surface area contributed by atoms with E-state index in [2.05, 4.69) is 53.2 Å². The molecule has 0 aliphatic heterocycles. The lowest BCUT2D eigenvalue weighted by Crippen LogP contribution is -2.12. The van der Waals surface area contributed by atoms with E-state index in [4.69, 9.17) is 10.4 Å². The van der Waals surface area contributed by atoms with E-state index in [0.717, 1.165) is 12.0 Å². The second-order valence-electron chi connectivity index (χ2n) is 6.75. The van der Waals surface area contributed by atoms with E-state index in [0.29, 0.717) is 28.4 Å². The number of rotatable bonds is 5. The van der Waals surface area contributed by atoms with Crippen molar-refractivity contribution >= 4 is 11.8 Å². The molecule has 0 amide bonds. The van der Waals surface area contributed by atoms with E-state index in [9.17, 15) is 0 Å². The van der Waals surface area contributed by atoms with E-state index < -0.39 is 0 Å². The molecule has 0 saturated carbocycles. The molecule has 0 bridgehead atoms. The van der Waals surface area contributed by atoms with Crippen LogP contribution in [0.1, 0.15) is 45.0 Å². The van der Waals surface area contributed by atoms with Crippen LogP contribution < -0.4 is 5.84 Å². The first-order chi connectivity index (χ1) is 11.9. The number of hydrogen-bond acceptors (Lipinski definition) is 7. The molecule has 3 rings (SSSR count). The highest BCUT2D eigenvalue weighted by molar-refractivity contribution is 7.98. The third kappa shape index (κ3) is 3.84. The van der Waals surface area contributed by atoms with Crippen LogP contribution in [0.15, 0.2) is 33.9 Å². The molecular weight excluding hydrogens is 336 g/mol. The van der Waals surface area contributed by atoms with Crippen molar-refractivity contribution in [3.8, 4) is 11.4 Å². The summed E-state index contributed by atoms with van der Waals surface area (Å²) >= 11 is 1.43. The number of aromatic nitrogens is 5. The fourth-order valence-electron chi connectivity index (χ4n) is 2.31. The highest BCUT2D eigenvalue weighted by Crippen LogP contribution is 2.27. The Bertz CT molecular complexity index is 847. The van der Waals surface area contributed by atoms with Crippen LogP contribution in [0.3, 0.4) is 0 Å². The third-order valence-electron chi connectivity index (χ3n) is 3.82. The molecular formula is C17H22N6OS. The number of benzene rings is 1. The van der Waals surface area contributed by atoms with Gasteiger partial charge in [0, 0.05) is 12.0 Å². The van der Waals surface area contributed by atoms with Crippen LogP contribution in [0.4, 0.5) is 0 Å². The van der Waals surface area contributed by atoms with Crippen molar-refractivity contribution in [1.29, 1.82) is 0 Å². The van der Waals surface area contributed by atoms with Crippen LogP contribution in [0.2, 0.25) is 0 Å². The molecule has 0 aliphatic carbocycles. The Labute approximate surface area is 151 Å². The van der Waals surface area contributed by atoms with E-state index >= 15 is 0 Å². The van der Waals surface area contributed by atoms with Gasteiger partial charge in [0.15, 0.2) is 11.6 Å². The van der Waals surface area contributed by atoms with Gasteiger partial charge in [-0.25, -0.2) is 4.68 Å². The SMILES string of the molecule is CCc1nc(CSc2nnc(-c3ccc(C(C)(C)C)cc3)n2N)no1. The van der Waals surface area contributed by atoms with Gasteiger partial charge in [-0.15, -0.1) is 10.2 Å². The second-order valence-corrected chi connectivity index (χ2v) is 7.69. The summed E-state index contributed by atoms with van der Waals surface area (Å²) in [7, 11) is 0. The van der Waals surface area contributed by atoms with Gasteiger partial charge in [-0.1, -0.05) is 68.9 Å². The summed E-state index contributed by atoms with van der Waals surface area (Å²) in [6.07, 6.45) is 0.722. The summed E-state index contributed by atoms with van der Waals surface area (Å²) in [6.45, 7) is 8.52. The largest absolute Gasteiger partial charge is 0.339 e. The molecule has 0 unspecified atom stereocenters. The molecule has 2 N–H and O–H groups in total. The third-order valence-corrected chi connectivity index (χ3v) is 4.76. The lowest BCUT2D eigenvalue weighted by molar-refractivity contribution is 0.378. The Morgan fingerprint density at radius 3 is 2.48 bits per heavy atom. The van der Waals surface area contributed by atoms with Crippen molar-refractivity contribution in [2.75, 3.05) is 5.84 Å². The molecule has 1 aromatic carbocycles. The van der Waals surface area contributed by atoms with Crippen molar-refractivity contribution in [2.45, 2.75) is 50.4 Å². The Balaban J connectivity index is 1.74. The van der Waals surface area contributed by atoms with E-state index in [-0.39, 0.29) is 5.41 Å². The predicted octanol–water partition coefficient (Wildman–Crippen LogP) is 3.19. The van der Waals surface area contributed by atoms with E-state index in [1.54, 1.807) is 0 Å². The van der Waals surface area contributed by atoms with Gasteiger partial charge in [-0.2, -0.15) is 4.98 Å². The standard InChI is InChI=1S/C17H22N6OS/c1-5-14-19-13(22-24-14)10-25-16-21-20-15(23(16)18)11-6-8-12(9-7-11)17(2,3)4/h6-9H,5,10,18H2,1-4H3. The van der Waals surface area contributed by atoms with Crippen molar-refractivity contribution in [3.63, 3.8) is 0 Å². The molecule has 2 aromatic heterocycles. The Morgan fingerprint density at radius 1 is 1.16 bits per heavy atom. The summed E-state index contributed by atoms with van der Waals surface area (Å²) in [5, 5.41) is 12.9. The zero-order valence-electron chi connectivity index (χ0n) is 14.9. The molecule has 8 heteroatoms. The highest BCUT2D eigenvalue weighted by Gasteiger charge is 2.16. The topological polar surface area (TPSA) is 95.7 Å². The van der Waals surface area contributed by atoms with Crippen LogP contribution in [-0.2, 0) is 17.6 Å². The summed E-state index contributed by atoms with van der Waals surface area (Å²) in [5.41, 5.74) is 2.30. The van der Waals surface area contributed by atoms with Crippen molar-refractivity contribution in [3.05, 3.63) is 41.5 Å². The van der Waals surface area contributed by atoms with Gasteiger partial charge < -0.3 is 10.4 Å². The number of hydrogen-bond donors (Lipinski definition) is 1. The second kappa shape index (κ2) is 6.87. The first-order valence-electron chi connectivity index (χ1n) is 8.14. The summed E-state index contributed by atoms with van der Waals surface area (Å²) in [4.78, 5) is 4.27. The molecule has 0 atom stereocenters. The average molecular weight is 358 g/mol. The molecule has 132 valence electrons. The van der Waals surface area contributed by atoms with Gasteiger partial charge in [0.05, 0.1) is 5.75 Å². The van der Waals surface area contributed by atoms with Gasteiger partial charge >= 0.3 is 0 Å². The van der Waals surface area contributed by atoms with Crippen molar-refractivity contribution in [2.24, 2.45) is 0 Å². The quantitative estimate of drug-likeness (QED) is 0.552. The minimum absolute atomic E-state index is 0.109. The lowest BCUT2D eigenvalue weighted by atomic mass is 9.87.